The van der Waals surface area contributed by atoms with Gasteiger partial charge in [-0.15, -0.1) is 0 Å². The molecule has 0 radical (unpaired) electrons. The van der Waals surface area contributed by atoms with Gasteiger partial charge in [0.1, 0.15) is 6.61 Å². The molecule has 1 aromatic rings. The Morgan fingerprint density at radius 3 is 3.17 bits per heavy atom. The van der Waals surface area contributed by atoms with Crippen LogP contribution in [-0.4, -0.2) is 47.1 Å². The molecule has 1 aliphatic heterocycles. The van der Waals surface area contributed by atoms with E-state index in [1.165, 1.54) is 4.90 Å². The average Bonchev–Trinajstić information content (AvgIpc) is 2.97. The average molecular weight is 253 g/mol. The van der Waals surface area contributed by atoms with Crippen LogP contribution in [0.15, 0.2) is 12.4 Å². The fourth-order valence-electron chi connectivity index (χ4n) is 1.94. The van der Waals surface area contributed by atoms with Gasteiger partial charge in [0, 0.05) is 32.5 Å². The maximum atomic E-state index is 11.7. The predicted molar refractivity (Wildman–Crippen MR) is 65.0 cm³/mol. The number of ether oxygens (including phenoxy) is 2. The van der Waals surface area contributed by atoms with Crippen LogP contribution in [0, 0.1) is 0 Å². The Labute approximate surface area is 106 Å². The standard InChI is InChI=1S/C12H19N3O3/c1-14(7-10-6-13-15(2)8-10)12(16)18-9-11-4-3-5-17-11/h6,8,11H,3-5,7,9H2,1-2H3. The SMILES string of the molecule is CN(Cc1cnn(C)c1)C(=O)OCC1CCCO1. The first kappa shape index (κ1) is 12.9. The molecule has 1 aliphatic rings. The van der Waals surface area contributed by atoms with Crippen LogP contribution in [0.1, 0.15) is 18.4 Å². The number of hydrogen-bond acceptors (Lipinski definition) is 4. The normalized spacial score (nSPS) is 18.9. The van der Waals surface area contributed by atoms with Gasteiger partial charge < -0.3 is 14.4 Å². The highest BCUT2D eigenvalue weighted by molar-refractivity contribution is 5.67. The van der Waals surface area contributed by atoms with Crippen molar-refractivity contribution < 1.29 is 14.3 Å². The molecule has 1 fully saturated rings. The summed E-state index contributed by atoms with van der Waals surface area (Å²) in [6, 6.07) is 0. The molecule has 100 valence electrons. The smallest absolute Gasteiger partial charge is 0.409 e. The summed E-state index contributed by atoms with van der Waals surface area (Å²) >= 11 is 0. The Bertz CT molecular complexity index is 399. The van der Waals surface area contributed by atoms with Crippen LogP contribution in [0.2, 0.25) is 0 Å². The Hall–Kier alpha value is -1.56. The Kier molecular flexibility index (Phi) is 4.19. The van der Waals surface area contributed by atoms with Gasteiger partial charge in [0.15, 0.2) is 0 Å². The number of hydrogen-bond donors (Lipinski definition) is 0. The van der Waals surface area contributed by atoms with Crippen molar-refractivity contribution in [2.45, 2.75) is 25.5 Å². The third kappa shape index (κ3) is 3.46. The molecule has 1 atom stereocenters. The molecular formula is C12H19N3O3. The maximum Gasteiger partial charge on any atom is 0.409 e. The lowest BCUT2D eigenvalue weighted by Gasteiger charge is -2.17. The van der Waals surface area contributed by atoms with E-state index in [9.17, 15) is 4.79 Å². The lowest BCUT2D eigenvalue weighted by molar-refractivity contribution is 0.0320. The van der Waals surface area contributed by atoms with E-state index in [1.54, 1.807) is 17.9 Å². The van der Waals surface area contributed by atoms with Crippen molar-refractivity contribution >= 4 is 6.09 Å². The Balaban J connectivity index is 1.74. The molecule has 0 bridgehead atoms. The summed E-state index contributed by atoms with van der Waals surface area (Å²) in [6.45, 7) is 1.61. The fraction of sp³-hybridized carbons (Fsp3) is 0.667. The molecule has 2 heterocycles. The summed E-state index contributed by atoms with van der Waals surface area (Å²) in [4.78, 5) is 13.3. The number of nitrogens with zero attached hydrogens (tertiary/aromatic N) is 3. The van der Waals surface area contributed by atoms with E-state index in [1.807, 2.05) is 13.2 Å². The van der Waals surface area contributed by atoms with Gasteiger partial charge in [-0.3, -0.25) is 4.68 Å². The molecule has 6 nitrogen and oxygen atoms in total. The van der Waals surface area contributed by atoms with E-state index >= 15 is 0 Å². The Morgan fingerprint density at radius 2 is 2.56 bits per heavy atom. The summed E-state index contributed by atoms with van der Waals surface area (Å²) in [7, 11) is 3.56. The highest BCUT2D eigenvalue weighted by Crippen LogP contribution is 2.12. The second-order valence-corrected chi connectivity index (χ2v) is 4.59. The van der Waals surface area contributed by atoms with E-state index in [2.05, 4.69) is 5.10 Å². The molecule has 0 saturated carbocycles. The number of aromatic nitrogens is 2. The zero-order chi connectivity index (χ0) is 13.0. The summed E-state index contributed by atoms with van der Waals surface area (Å²) in [5.74, 6) is 0. The van der Waals surface area contributed by atoms with Crippen molar-refractivity contribution in [1.82, 2.24) is 14.7 Å². The van der Waals surface area contributed by atoms with Crippen LogP contribution in [0.3, 0.4) is 0 Å². The van der Waals surface area contributed by atoms with Gasteiger partial charge in [0.25, 0.3) is 0 Å². The van der Waals surface area contributed by atoms with Gasteiger partial charge in [-0.25, -0.2) is 4.79 Å². The topological polar surface area (TPSA) is 56.6 Å². The van der Waals surface area contributed by atoms with Gasteiger partial charge in [0.2, 0.25) is 0 Å². The molecule has 1 aromatic heterocycles. The van der Waals surface area contributed by atoms with Crippen molar-refractivity contribution in [2.24, 2.45) is 7.05 Å². The molecule has 1 unspecified atom stereocenters. The minimum atomic E-state index is -0.325. The third-order valence-electron chi connectivity index (χ3n) is 2.91. The van der Waals surface area contributed by atoms with E-state index in [0.717, 1.165) is 25.0 Å². The number of carbonyl (C=O) groups excluding carboxylic acids is 1. The molecule has 0 N–H and O–H groups in total. The van der Waals surface area contributed by atoms with E-state index < -0.39 is 0 Å². The third-order valence-corrected chi connectivity index (χ3v) is 2.91. The molecule has 6 heteroatoms. The second kappa shape index (κ2) is 5.86. The highest BCUT2D eigenvalue weighted by atomic mass is 16.6. The minimum Gasteiger partial charge on any atom is -0.447 e. The van der Waals surface area contributed by atoms with E-state index in [-0.39, 0.29) is 12.2 Å². The molecule has 0 aliphatic carbocycles. The molecular weight excluding hydrogens is 234 g/mol. The minimum absolute atomic E-state index is 0.0701. The molecule has 0 spiro atoms. The van der Waals surface area contributed by atoms with Crippen molar-refractivity contribution in [2.75, 3.05) is 20.3 Å². The summed E-state index contributed by atoms with van der Waals surface area (Å²) in [6.07, 6.45) is 5.39. The largest absolute Gasteiger partial charge is 0.447 e. The lowest BCUT2D eigenvalue weighted by atomic mass is 10.2. The predicted octanol–water partition coefficient (Wildman–Crippen LogP) is 1.17. The van der Waals surface area contributed by atoms with Crippen molar-refractivity contribution in [3.05, 3.63) is 18.0 Å². The Morgan fingerprint density at radius 1 is 1.72 bits per heavy atom. The van der Waals surface area contributed by atoms with Crippen LogP contribution in [0.4, 0.5) is 4.79 Å². The lowest BCUT2D eigenvalue weighted by Crippen LogP contribution is -2.29. The maximum absolute atomic E-state index is 11.7. The van der Waals surface area contributed by atoms with Crippen LogP contribution < -0.4 is 0 Å². The number of aryl methyl sites for hydroxylation is 1. The van der Waals surface area contributed by atoms with Crippen molar-refractivity contribution in [3.8, 4) is 0 Å². The summed E-state index contributed by atoms with van der Waals surface area (Å²) < 4.78 is 12.3. The van der Waals surface area contributed by atoms with E-state index in [4.69, 9.17) is 9.47 Å². The molecule has 2 rings (SSSR count). The monoisotopic (exact) mass is 253 g/mol. The van der Waals surface area contributed by atoms with Gasteiger partial charge >= 0.3 is 6.09 Å². The van der Waals surface area contributed by atoms with Gasteiger partial charge in [-0.1, -0.05) is 0 Å². The highest BCUT2D eigenvalue weighted by Gasteiger charge is 2.19. The molecule has 18 heavy (non-hydrogen) atoms. The van der Waals surface area contributed by atoms with Crippen LogP contribution >= 0.6 is 0 Å². The zero-order valence-electron chi connectivity index (χ0n) is 10.8. The fourth-order valence-corrected chi connectivity index (χ4v) is 1.94. The quantitative estimate of drug-likeness (QED) is 0.808. The molecule has 1 amide bonds. The van der Waals surface area contributed by atoms with Crippen molar-refractivity contribution in [3.63, 3.8) is 0 Å². The number of carbonyl (C=O) groups is 1. The first-order valence-corrected chi connectivity index (χ1v) is 6.12. The summed E-state index contributed by atoms with van der Waals surface area (Å²) in [5.41, 5.74) is 0.981. The molecule has 0 aromatic carbocycles. The second-order valence-electron chi connectivity index (χ2n) is 4.59. The zero-order valence-corrected chi connectivity index (χ0v) is 10.8. The number of rotatable bonds is 4. The van der Waals surface area contributed by atoms with E-state index in [0.29, 0.717) is 13.2 Å². The first-order chi connectivity index (χ1) is 8.65. The van der Waals surface area contributed by atoms with Gasteiger partial charge in [-0.2, -0.15) is 5.10 Å². The molecule has 1 saturated heterocycles. The van der Waals surface area contributed by atoms with Crippen LogP contribution in [0.25, 0.3) is 0 Å². The summed E-state index contributed by atoms with van der Waals surface area (Å²) in [5, 5.41) is 4.06. The van der Waals surface area contributed by atoms with Gasteiger partial charge in [-0.05, 0) is 12.8 Å². The van der Waals surface area contributed by atoms with Gasteiger partial charge in [0.05, 0.1) is 18.8 Å². The van der Waals surface area contributed by atoms with Crippen LogP contribution in [0.5, 0.6) is 0 Å². The van der Waals surface area contributed by atoms with Crippen LogP contribution in [-0.2, 0) is 23.1 Å². The van der Waals surface area contributed by atoms with Crippen molar-refractivity contribution in [1.29, 1.82) is 0 Å². The first-order valence-electron chi connectivity index (χ1n) is 6.12. The number of amides is 1.